The maximum atomic E-state index is 11.3. The molecule has 1 aliphatic rings. The topological polar surface area (TPSA) is 63.6 Å². The van der Waals surface area contributed by atoms with Gasteiger partial charge in [0, 0.05) is 12.0 Å². The third-order valence-electron chi connectivity index (χ3n) is 2.61. The van der Waals surface area contributed by atoms with Gasteiger partial charge in [0.05, 0.1) is 12.2 Å². The zero-order valence-electron chi connectivity index (χ0n) is 8.95. The molecule has 2 rings (SSSR count). The Morgan fingerprint density at radius 3 is 2.81 bits per heavy atom. The highest BCUT2D eigenvalue weighted by molar-refractivity contribution is 5.94. The number of ketones is 1. The molecule has 0 aliphatic carbocycles. The summed E-state index contributed by atoms with van der Waals surface area (Å²) in [6.07, 6.45) is 0.233. The number of fused-ring (bicyclic) bond motifs is 1. The van der Waals surface area contributed by atoms with Gasteiger partial charge in [0.1, 0.15) is 12.4 Å². The van der Waals surface area contributed by atoms with E-state index in [9.17, 15) is 14.7 Å². The molecule has 0 saturated carbocycles. The summed E-state index contributed by atoms with van der Waals surface area (Å²) in [5.74, 6) is -0.356. The fourth-order valence-electron chi connectivity index (χ4n) is 1.85. The van der Waals surface area contributed by atoms with Crippen LogP contribution in [-0.2, 0) is 29.2 Å². The first kappa shape index (κ1) is 10.8. The first-order valence-electron chi connectivity index (χ1n) is 5.04. The van der Waals surface area contributed by atoms with E-state index in [1.54, 1.807) is 12.1 Å². The van der Waals surface area contributed by atoms with E-state index in [0.717, 1.165) is 5.56 Å². The van der Waals surface area contributed by atoms with Gasteiger partial charge in [-0.25, -0.2) is 4.79 Å². The maximum absolute atomic E-state index is 11.3. The van der Waals surface area contributed by atoms with Crippen LogP contribution in [0.2, 0.25) is 0 Å². The van der Waals surface area contributed by atoms with Crippen LogP contribution < -0.4 is 0 Å². The van der Waals surface area contributed by atoms with Gasteiger partial charge >= 0.3 is 5.97 Å². The molecule has 1 aromatic carbocycles. The van der Waals surface area contributed by atoms with Crippen LogP contribution in [0.5, 0.6) is 0 Å². The number of hydrogen-bond donors (Lipinski definition) is 1. The van der Waals surface area contributed by atoms with Gasteiger partial charge in [0.15, 0.2) is 0 Å². The molecule has 0 bridgehead atoms. The summed E-state index contributed by atoms with van der Waals surface area (Å²) in [6, 6.07) is 3.39. The van der Waals surface area contributed by atoms with Crippen molar-refractivity contribution in [1.29, 1.82) is 0 Å². The maximum Gasteiger partial charge on any atom is 0.338 e. The third kappa shape index (κ3) is 1.84. The molecule has 0 aromatic heterocycles. The van der Waals surface area contributed by atoms with Crippen molar-refractivity contribution in [3.8, 4) is 0 Å². The molecule has 0 atom stereocenters. The second kappa shape index (κ2) is 4.06. The smallest absolute Gasteiger partial charge is 0.338 e. The van der Waals surface area contributed by atoms with E-state index in [2.05, 4.69) is 0 Å². The van der Waals surface area contributed by atoms with E-state index in [4.69, 9.17) is 4.74 Å². The number of rotatable bonds is 3. The van der Waals surface area contributed by atoms with Crippen molar-refractivity contribution >= 4 is 11.8 Å². The van der Waals surface area contributed by atoms with Gasteiger partial charge < -0.3 is 9.84 Å². The molecule has 84 valence electrons. The Morgan fingerprint density at radius 1 is 1.44 bits per heavy atom. The molecule has 0 amide bonds. The number of ether oxygens (including phenoxy) is 1. The Labute approximate surface area is 92.8 Å². The van der Waals surface area contributed by atoms with Crippen LogP contribution in [0.1, 0.15) is 34.0 Å². The normalized spacial score (nSPS) is 13.5. The molecule has 1 N–H and O–H groups in total. The van der Waals surface area contributed by atoms with Crippen molar-refractivity contribution in [2.24, 2.45) is 0 Å². The number of carbonyl (C=O) groups is 2. The summed E-state index contributed by atoms with van der Waals surface area (Å²) in [5.41, 5.74) is 2.68. The number of esters is 1. The van der Waals surface area contributed by atoms with Crippen molar-refractivity contribution in [3.63, 3.8) is 0 Å². The monoisotopic (exact) mass is 220 g/mol. The fourth-order valence-corrected chi connectivity index (χ4v) is 1.85. The number of Topliss-reactive ketones (excluding diaryl/α,β-unsaturated/α-hetero) is 1. The zero-order valence-corrected chi connectivity index (χ0v) is 8.95. The van der Waals surface area contributed by atoms with Crippen LogP contribution in [0.3, 0.4) is 0 Å². The van der Waals surface area contributed by atoms with E-state index >= 15 is 0 Å². The highest BCUT2D eigenvalue weighted by Gasteiger charge is 2.23. The molecule has 16 heavy (non-hydrogen) atoms. The average Bonchev–Trinajstić information content (AvgIpc) is 2.58. The van der Waals surface area contributed by atoms with Crippen molar-refractivity contribution in [1.82, 2.24) is 0 Å². The quantitative estimate of drug-likeness (QED) is 0.771. The highest BCUT2D eigenvalue weighted by Crippen LogP contribution is 2.24. The molecular weight excluding hydrogens is 208 g/mol. The van der Waals surface area contributed by atoms with Gasteiger partial charge in [-0.15, -0.1) is 0 Å². The van der Waals surface area contributed by atoms with Crippen molar-refractivity contribution in [3.05, 3.63) is 34.4 Å². The molecule has 1 aromatic rings. The Kier molecular flexibility index (Phi) is 2.75. The Morgan fingerprint density at radius 2 is 2.19 bits per heavy atom. The number of aliphatic hydroxyl groups is 1. The molecular formula is C12H12O4. The number of aliphatic hydroxyl groups excluding tert-OH is 1. The minimum Gasteiger partial charge on any atom is -0.457 e. The largest absolute Gasteiger partial charge is 0.457 e. The lowest BCUT2D eigenvalue weighted by Gasteiger charge is -2.07. The second-order valence-electron chi connectivity index (χ2n) is 3.89. The lowest BCUT2D eigenvalue weighted by molar-refractivity contribution is -0.116. The van der Waals surface area contributed by atoms with Gasteiger partial charge in [-0.05, 0) is 30.2 Å². The van der Waals surface area contributed by atoms with Gasteiger partial charge in [-0.1, -0.05) is 0 Å². The number of hydrogen-bond acceptors (Lipinski definition) is 4. The molecule has 4 heteroatoms. The van der Waals surface area contributed by atoms with Crippen molar-refractivity contribution in [2.75, 3.05) is 0 Å². The van der Waals surface area contributed by atoms with Crippen LogP contribution in [0.4, 0.5) is 0 Å². The lowest BCUT2D eigenvalue weighted by atomic mass is 9.97. The van der Waals surface area contributed by atoms with Crippen LogP contribution in [0, 0.1) is 0 Å². The predicted molar refractivity (Wildman–Crippen MR) is 55.9 cm³/mol. The number of benzene rings is 1. The fraction of sp³-hybridized carbons (Fsp3) is 0.333. The van der Waals surface area contributed by atoms with E-state index in [1.807, 2.05) is 0 Å². The molecule has 0 spiro atoms. The Hall–Kier alpha value is -1.68. The summed E-state index contributed by atoms with van der Waals surface area (Å²) in [4.78, 5) is 22.4. The molecule has 0 fully saturated rings. The molecule has 0 saturated heterocycles. The minimum absolute atomic E-state index is 0.000939. The number of cyclic esters (lactones) is 1. The van der Waals surface area contributed by atoms with Gasteiger partial charge in [0.25, 0.3) is 0 Å². The summed E-state index contributed by atoms with van der Waals surface area (Å²) < 4.78 is 4.88. The van der Waals surface area contributed by atoms with E-state index in [1.165, 1.54) is 6.92 Å². The summed E-state index contributed by atoms with van der Waals surface area (Å²) >= 11 is 0. The SMILES string of the molecule is CC(=O)Cc1cc2c(cc1CO)COC2=O. The van der Waals surface area contributed by atoms with E-state index in [0.29, 0.717) is 16.7 Å². The third-order valence-corrected chi connectivity index (χ3v) is 2.61. The van der Waals surface area contributed by atoms with E-state index in [-0.39, 0.29) is 31.4 Å². The first-order chi connectivity index (χ1) is 7.61. The average molecular weight is 220 g/mol. The molecule has 0 radical (unpaired) electrons. The predicted octanol–water partition coefficient (Wildman–Crippen LogP) is 0.981. The molecule has 1 aliphatic heterocycles. The van der Waals surface area contributed by atoms with Crippen LogP contribution in [0.15, 0.2) is 12.1 Å². The molecule has 0 unspecified atom stereocenters. The highest BCUT2D eigenvalue weighted by atomic mass is 16.5. The Bertz CT molecular complexity index is 462. The molecule has 1 heterocycles. The summed E-state index contributed by atoms with van der Waals surface area (Å²) in [6.45, 7) is 1.60. The second-order valence-corrected chi connectivity index (χ2v) is 3.89. The summed E-state index contributed by atoms with van der Waals surface area (Å²) in [7, 11) is 0. The summed E-state index contributed by atoms with van der Waals surface area (Å²) in [5, 5.41) is 9.19. The molecule has 4 nitrogen and oxygen atoms in total. The van der Waals surface area contributed by atoms with Crippen molar-refractivity contribution < 1.29 is 19.4 Å². The first-order valence-corrected chi connectivity index (χ1v) is 5.04. The number of carbonyl (C=O) groups excluding carboxylic acids is 2. The lowest BCUT2D eigenvalue weighted by Crippen LogP contribution is -2.04. The van der Waals surface area contributed by atoms with Gasteiger partial charge in [-0.3, -0.25) is 4.79 Å². The van der Waals surface area contributed by atoms with Crippen LogP contribution >= 0.6 is 0 Å². The van der Waals surface area contributed by atoms with Crippen molar-refractivity contribution in [2.45, 2.75) is 26.6 Å². The Balaban J connectivity index is 2.47. The van der Waals surface area contributed by atoms with Crippen LogP contribution in [0.25, 0.3) is 0 Å². The van der Waals surface area contributed by atoms with E-state index < -0.39 is 0 Å². The van der Waals surface area contributed by atoms with Gasteiger partial charge in [0.2, 0.25) is 0 Å². The standard InChI is InChI=1S/C12H12O4/c1-7(14)2-8-4-11-10(3-9(8)5-13)6-16-12(11)15/h3-4,13H,2,5-6H2,1H3. The van der Waals surface area contributed by atoms with Gasteiger partial charge in [-0.2, -0.15) is 0 Å². The zero-order chi connectivity index (χ0) is 11.7. The minimum atomic E-state index is -0.357. The van der Waals surface area contributed by atoms with Crippen LogP contribution in [-0.4, -0.2) is 16.9 Å².